The highest BCUT2D eigenvalue weighted by molar-refractivity contribution is 7.10. The van der Waals surface area contributed by atoms with Gasteiger partial charge in [0.1, 0.15) is 10.7 Å². The largest absolute Gasteiger partial charge is 0.313 e. The SMILES string of the molecule is CCN1CCN(Cc2nnsc2NN)CC1C. The minimum atomic E-state index is 0.606. The van der Waals surface area contributed by atoms with Gasteiger partial charge >= 0.3 is 0 Å². The van der Waals surface area contributed by atoms with Crippen LogP contribution in [0.3, 0.4) is 0 Å². The predicted octanol–water partition coefficient (Wildman–Crippen LogP) is 0.350. The average Bonchev–Trinajstić information content (AvgIpc) is 2.76. The molecule has 0 bridgehead atoms. The van der Waals surface area contributed by atoms with Crippen molar-refractivity contribution in [2.24, 2.45) is 5.84 Å². The van der Waals surface area contributed by atoms with Crippen LogP contribution in [-0.2, 0) is 6.54 Å². The fourth-order valence-corrected chi connectivity index (χ4v) is 2.80. The maximum Gasteiger partial charge on any atom is 0.148 e. The topological polar surface area (TPSA) is 70.3 Å². The Morgan fingerprint density at radius 3 is 3.00 bits per heavy atom. The zero-order valence-electron chi connectivity index (χ0n) is 10.4. The summed E-state index contributed by atoms with van der Waals surface area (Å²) in [6, 6.07) is 0.606. The number of anilines is 1. The third kappa shape index (κ3) is 2.92. The molecule has 1 unspecified atom stereocenters. The fraction of sp³-hybridized carbons (Fsp3) is 0.800. The van der Waals surface area contributed by atoms with E-state index in [0.717, 1.165) is 43.4 Å². The summed E-state index contributed by atoms with van der Waals surface area (Å²) >= 11 is 1.31. The number of aromatic nitrogens is 2. The molecular weight excluding hydrogens is 236 g/mol. The van der Waals surface area contributed by atoms with Crippen molar-refractivity contribution in [3.8, 4) is 0 Å². The van der Waals surface area contributed by atoms with Crippen molar-refractivity contribution >= 4 is 16.5 Å². The number of piperazine rings is 1. The molecule has 7 heteroatoms. The number of hydrazine groups is 1. The Balaban J connectivity index is 1.93. The molecule has 1 saturated heterocycles. The average molecular weight is 256 g/mol. The van der Waals surface area contributed by atoms with Gasteiger partial charge in [-0.05, 0) is 13.5 Å². The molecule has 1 atom stereocenters. The number of nitrogens with one attached hydrogen (secondary N) is 1. The Morgan fingerprint density at radius 1 is 1.53 bits per heavy atom. The Morgan fingerprint density at radius 2 is 2.35 bits per heavy atom. The van der Waals surface area contributed by atoms with Gasteiger partial charge in [-0.25, -0.2) is 5.84 Å². The lowest BCUT2D eigenvalue weighted by Crippen LogP contribution is -2.51. The lowest BCUT2D eigenvalue weighted by molar-refractivity contribution is 0.0827. The monoisotopic (exact) mass is 256 g/mol. The van der Waals surface area contributed by atoms with E-state index in [2.05, 4.69) is 38.7 Å². The first kappa shape index (κ1) is 12.7. The number of hydrogen-bond acceptors (Lipinski definition) is 7. The minimum Gasteiger partial charge on any atom is -0.313 e. The maximum atomic E-state index is 5.42. The molecule has 1 aromatic heterocycles. The van der Waals surface area contributed by atoms with Gasteiger partial charge in [-0.3, -0.25) is 9.80 Å². The second-order valence-corrected chi connectivity index (χ2v) is 5.16. The van der Waals surface area contributed by atoms with Gasteiger partial charge in [0, 0.05) is 43.8 Å². The molecule has 2 rings (SSSR count). The molecule has 3 N–H and O–H groups in total. The molecule has 17 heavy (non-hydrogen) atoms. The van der Waals surface area contributed by atoms with E-state index < -0.39 is 0 Å². The third-order valence-corrected chi connectivity index (χ3v) is 4.01. The molecule has 1 fully saturated rings. The van der Waals surface area contributed by atoms with Crippen molar-refractivity contribution in [2.45, 2.75) is 26.4 Å². The van der Waals surface area contributed by atoms with Crippen molar-refractivity contribution in [1.29, 1.82) is 0 Å². The van der Waals surface area contributed by atoms with Gasteiger partial charge in [-0.1, -0.05) is 11.4 Å². The van der Waals surface area contributed by atoms with Gasteiger partial charge in [0.15, 0.2) is 0 Å². The van der Waals surface area contributed by atoms with Crippen LogP contribution >= 0.6 is 11.5 Å². The molecule has 1 aliphatic heterocycles. The first-order chi connectivity index (χ1) is 8.24. The van der Waals surface area contributed by atoms with Gasteiger partial charge in [0.25, 0.3) is 0 Å². The Hall–Kier alpha value is -0.760. The summed E-state index contributed by atoms with van der Waals surface area (Å²) in [6.45, 7) is 9.74. The highest BCUT2D eigenvalue weighted by Gasteiger charge is 2.23. The summed E-state index contributed by atoms with van der Waals surface area (Å²) < 4.78 is 3.92. The highest BCUT2D eigenvalue weighted by atomic mass is 32.1. The molecule has 2 heterocycles. The molecule has 0 amide bonds. The van der Waals surface area contributed by atoms with Crippen LogP contribution in [0.5, 0.6) is 0 Å². The van der Waals surface area contributed by atoms with Crippen LogP contribution in [0.15, 0.2) is 0 Å². The summed E-state index contributed by atoms with van der Waals surface area (Å²) in [7, 11) is 0. The smallest absolute Gasteiger partial charge is 0.148 e. The quantitative estimate of drug-likeness (QED) is 0.598. The molecule has 0 radical (unpaired) electrons. The molecule has 0 spiro atoms. The van der Waals surface area contributed by atoms with Gasteiger partial charge in [-0.15, -0.1) is 5.10 Å². The molecule has 0 saturated carbocycles. The molecule has 96 valence electrons. The van der Waals surface area contributed by atoms with E-state index in [-0.39, 0.29) is 0 Å². The standard InChI is InChI=1S/C10H20N6S/c1-3-16-5-4-15(6-8(16)2)7-9-10(12-11)17-14-13-9/h8,12H,3-7,11H2,1-2H3. The summed E-state index contributed by atoms with van der Waals surface area (Å²) in [5.41, 5.74) is 3.61. The number of hydrogen-bond donors (Lipinski definition) is 2. The molecule has 6 nitrogen and oxygen atoms in total. The Bertz CT molecular complexity index is 354. The third-order valence-electron chi connectivity index (χ3n) is 3.32. The van der Waals surface area contributed by atoms with Crippen molar-refractivity contribution in [3.63, 3.8) is 0 Å². The van der Waals surface area contributed by atoms with Gasteiger partial charge in [0.05, 0.1) is 0 Å². The van der Waals surface area contributed by atoms with Crippen molar-refractivity contribution in [2.75, 3.05) is 31.6 Å². The van der Waals surface area contributed by atoms with Crippen molar-refractivity contribution in [1.82, 2.24) is 19.4 Å². The summed E-state index contributed by atoms with van der Waals surface area (Å²) in [4.78, 5) is 4.91. The fourth-order valence-electron chi connectivity index (χ4n) is 2.32. The first-order valence-electron chi connectivity index (χ1n) is 5.98. The molecule has 0 aliphatic carbocycles. The van der Waals surface area contributed by atoms with E-state index in [0.29, 0.717) is 6.04 Å². The van der Waals surface area contributed by atoms with E-state index in [1.807, 2.05) is 0 Å². The second-order valence-electron chi connectivity index (χ2n) is 4.41. The normalized spacial score (nSPS) is 22.9. The van der Waals surface area contributed by atoms with Crippen LogP contribution in [0.1, 0.15) is 19.5 Å². The van der Waals surface area contributed by atoms with Crippen LogP contribution in [0, 0.1) is 0 Å². The second kappa shape index (κ2) is 5.72. The summed E-state index contributed by atoms with van der Waals surface area (Å²) in [5.74, 6) is 5.42. The minimum absolute atomic E-state index is 0.606. The zero-order valence-corrected chi connectivity index (χ0v) is 11.2. The molecular formula is C10H20N6S. The molecule has 1 aromatic rings. The lowest BCUT2D eigenvalue weighted by atomic mass is 10.2. The van der Waals surface area contributed by atoms with Crippen LogP contribution in [0.4, 0.5) is 5.00 Å². The van der Waals surface area contributed by atoms with E-state index >= 15 is 0 Å². The number of likely N-dealkylation sites (N-methyl/N-ethyl adjacent to an activating group) is 1. The van der Waals surface area contributed by atoms with Crippen LogP contribution < -0.4 is 11.3 Å². The van der Waals surface area contributed by atoms with E-state index in [4.69, 9.17) is 5.84 Å². The van der Waals surface area contributed by atoms with E-state index in [9.17, 15) is 0 Å². The van der Waals surface area contributed by atoms with Crippen LogP contribution in [0.2, 0.25) is 0 Å². The first-order valence-corrected chi connectivity index (χ1v) is 6.76. The number of nitrogens with zero attached hydrogens (tertiary/aromatic N) is 4. The molecule has 1 aliphatic rings. The van der Waals surface area contributed by atoms with Gasteiger partial charge in [-0.2, -0.15) is 0 Å². The number of nitrogens with two attached hydrogens (primary N) is 1. The highest BCUT2D eigenvalue weighted by Crippen LogP contribution is 2.19. The Labute approximate surface area is 106 Å². The zero-order chi connectivity index (χ0) is 12.3. The van der Waals surface area contributed by atoms with Crippen molar-refractivity contribution in [3.05, 3.63) is 5.69 Å². The Kier molecular flexibility index (Phi) is 4.27. The van der Waals surface area contributed by atoms with Gasteiger partial charge in [0.2, 0.25) is 0 Å². The number of rotatable bonds is 4. The number of nitrogen functional groups attached to an aromatic ring is 1. The van der Waals surface area contributed by atoms with Crippen LogP contribution in [0.25, 0.3) is 0 Å². The van der Waals surface area contributed by atoms with Gasteiger partial charge < -0.3 is 5.43 Å². The van der Waals surface area contributed by atoms with E-state index in [1.165, 1.54) is 11.5 Å². The van der Waals surface area contributed by atoms with Crippen LogP contribution in [-0.4, -0.2) is 51.6 Å². The summed E-state index contributed by atoms with van der Waals surface area (Å²) in [6.07, 6.45) is 0. The lowest BCUT2D eigenvalue weighted by Gasteiger charge is -2.39. The van der Waals surface area contributed by atoms with Crippen molar-refractivity contribution < 1.29 is 0 Å². The maximum absolute atomic E-state index is 5.42. The predicted molar refractivity (Wildman–Crippen MR) is 69.7 cm³/mol. The van der Waals surface area contributed by atoms with E-state index in [1.54, 1.807) is 0 Å². The molecule has 0 aromatic carbocycles. The summed E-state index contributed by atoms with van der Waals surface area (Å²) in [5, 5.41) is 4.99.